The van der Waals surface area contributed by atoms with Gasteiger partial charge in [0.05, 0.1) is 11.3 Å². The molecule has 1 heterocycles. The average Bonchev–Trinajstić information content (AvgIpc) is 2.88. The van der Waals surface area contributed by atoms with Crippen LogP contribution in [0, 0.1) is 5.41 Å². The molecule has 2 aliphatic carbocycles. The van der Waals surface area contributed by atoms with Crippen molar-refractivity contribution in [1.29, 1.82) is 0 Å². The van der Waals surface area contributed by atoms with E-state index in [1.54, 1.807) is 57.4 Å². The first-order valence-electron chi connectivity index (χ1n) is 7.29. The second-order valence-corrected chi connectivity index (χ2v) is 6.64. The number of aliphatic imine (C=N–C) groups is 1. The van der Waals surface area contributed by atoms with Gasteiger partial charge >= 0.3 is 11.9 Å². The largest absolute Gasteiger partial charge is 0.480 e. The highest BCUT2D eigenvalue weighted by molar-refractivity contribution is 6.16. The standard InChI is InChI=1S/C18H17NO4/c1-17(2,3)23-15(20)12-4-5-13-8-14-11(6-7-19-14)9-18(13,10-12)16(21)22/h4-10H,1-3H3,(H,21,22). The van der Waals surface area contributed by atoms with Crippen molar-refractivity contribution in [2.45, 2.75) is 26.4 Å². The van der Waals surface area contributed by atoms with E-state index in [1.165, 1.54) is 6.08 Å². The van der Waals surface area contributed by atoms with E-state index in [4.69, 9.17) is 4.74 Å². The number of carboxylic acids is 1. The van der Waals surface area contributed by atoms with E-state index in [0.717, 1.165) is 11.3 Å². The number of rotatable bonds is 2. The Morgan fingerprint density at radius 3 is 2.57 bits per heavy atom. The minimum Gasteiger partial charge on any atom is -0.480 e. The molecule has 3 aliphatic rings. The molecule has 1 N–H and O–H groups in total. The molecule has 5 nitrogen and oxygen atoms in total. The lowest BCUT2D eigenvalue weighted by Crippen LogP contribution is -2.35. The van der Waals surface area contributed by atoms with Crippen molar-refractivity contribution in [3.63, 3.8) is 0 Å². The first kappa shape index (κ1) is 15.2. The van der Waals surface area contributed by atoms with Crippen LogP contribution in [0.5, 0.6) is 0 Å². The molecule has 0 fully saturated rings. The molecule has 0 saturated heterocycles. The molecule has 23 heavy (non-hydrogen) atoms. The Bertz CT molecular complexity index is 784. The van der Waals surface area contributed by atoms with Crippen LogP contribution >= 0.6 is 0 Å². The highest BCUT2D eigenvalue weighted by Crippen LogP contribution is 2.42. The lowest BCUT2D eigenvalue weighted by Gasteiger charge is -2.31. The van der Waals surface area contributed by atoms with Crippen LogP contribution < -0.4 is 0 Å². The summed E-state index contributed by atoms with van der Waals surface area (Å²) in [6, 6.07) is 0. The summed E-state index contributed by atoms with van der Waals surface area (Å²) >= 11 is 0. The molecule has 1 unspecified atom stereocenters. The van der Waals surface area contributed by atoms with Gasteiger partial charge in [0.1, 0.15) is 11.0 Å². The summed E-state index contributed by atoms with van der Waals surface area (Å²) in [5.74, 6) is -1.57. The van der Waals surface area contributed by atoms with Crippen LogP contribution in [0.2, 0.25) is 0 Å². The molecule has 0 aromatic carbocycles. The summed E-state index contributed by atoms with van der Waals surface area (Å²) in [4.78, 5) is 28.4. The Morgan fingerprint density at radius 2 is 1.91 bits per heavy atom. The summed E-state index contributed by atoms with van der Waals surface area (Å²) in [6.07, 6.45) is 11.4. The molecule has 0 spiro atoms. The number of allylic oxidation sites excluding steroid dienone is 4. The van der Waals surface area contributed by atoms with E-state index in [2.05, 4.69) is 4.99 Å². The molecule has 1 aliphatic heterocycles. The molecule has 118 valence electrons. The molecule has 0 radical (unpaired) electrons. The fourth-order valence-electron chi connectivity index (χ4n) is 2.69. The van der Waals surface area contributed by atoms with Gasteiger partial charge in [-0.05, 0) is 62.3 Å². The summed E-state index contributed by atoms with van der Waals surface area (Å²) in [6.45, 7) is 5.31. The number of esters is 1. The minimum atomic E-state index is -1.37. The van der Waals surface area contributed by atoms with Crippen molar-refractivity contribution in [2.75, 3.05) is 0 Å². The zero-order valence-corrected chi connectivity index (χ0v) is 13.2. The first-order valence-corrected chi connectivity index (χ1v) is 7.29. The van der Waals surface area contributed by atoms with Crippen LogP contribution in [0.15, 0.2) is 64.4 Å². The normalized spacial score (nSPS) is 24.8. The van der Waals surface area contributed by atoms with E-state index in [9.17, 15) is 14.7 Å². The molecule has 0 bridgehead atoms. The highest BCUT2D eigenvalue weighted by Gasteiger charge is 2.43. The zero-order chi connectivity index (χ0) is 16.8. The molecular weight excluding hydrogens is 294 g/mol. The number of fused-ring (bicyclic) bond motifs is 2. The number of carbonyl (C=O) groups excluding carboxylic acids is 1. The summed E-state index contributed by atoms with van der Waals surface area (Å²) in [5.41, 5.74) is 0.269. The number of carboxylic acid groups (broad SMARTS) is 1. The molecule has 5 heteroatoms. The summed E-state index contributed by atoms with van der Waals surface area (Å²) < 4.78 is 5.34. The van der Waals surface area contributed by atoms with Crippen molar-refractivity contribution < 1.29 is 19.4 Å². The van der Waals surface area contributed by atoms with E-state index in [-0.39, 0.29) is 5.57 Å². The molecule has 0 amide bonds. The first-order chi connectivity index (χ1) is 10.7. The van der Waals surface area contributed by atoms with Crippen molar-refractivity contribution in [2.24, 2.45) is 10.4 Å². The Kier molecular flexibility index (Phi) is 3.25. The zero-order valence-electron chi connectivity index (χ0n) is 13.2. The van der Waals surface area contributed by atoms with Crippen molar-refractivity contribution in [1.82, 2.24) is 0 Å². The third-order valence-corrected chi connectivity index (χ3v) is 3.73. The fourth-order valence-corrected chi connectivity index (χ4v) is 2.69. The molecule has 3 rings (SSSR count). The molecular formula is C18H17NO4. The van der Waals surface area contributed by atoms with Gasteiger partial charge in [-0.2, -0.15) is 0 Å². The van der Waals surface area contributed by atoms with Crippen LogP contribution in [-0.4, -0.2) is 28.4 Å². The highest BCUT2D eigenvalue weighted by atomic mass is 16.6. The third kappa shape index (κ3) is 2.59. The van der Waals surface area contributed by atoms with Gasteiger partial charge in [0.25, 0.3) is 0 Å². The van der Waals surface area contributed by atoms with Gasteiger partial charge in [-0.25, -0.2) is 4.79 Å². The second kappa shape index (κ2) is 4.91. The van der Waals surface area contributed by atoms with Gasteiger partial charge in [0, 0.05) is 6.20 Å². The maximum absolute atomic E-state index is 12.3. The second-order valence-electron chi connectivity index (χ2n) is 6.64. The number of nitrogens with zero attached hydrogens (tertiary/aromatic N) is 1. The van der Waals surface area contributed by atoms with E-state index < -0.39 is 23.0 Å². The topological polar surface area (TPSA) is 76.0 Å². The Labute approximate surface area is 134 Å². The maximum Gasteiger partial charge on any atom is 0.338 e. The van der Waals surface area contributed by atoms with Crippen LogP contribution in [0.1, 0.15) is 20.8 Å². The van der Waals surface area contributed by atoms with E-state index in [1.807, 2.05) is 0 Å². The third-order valence-electron chi connectivity index (χ3n) is 3.73. The number of hydrogen-bond donors (Lipinski definition) is 1. The molecule has 0 aromatic heterocycles. The quantitative estimate of drug-likeness (QED) is 0.796. The van der Waals surface area contributed by atoms with Crippen molar-refractivity contribution in [3.8, 4) is 0 Å². The molecule has 0 saturated carbocycles. The van der Waals surface area contributed by atoms with Gasteiger partial charge in [-0.3, -0.25) is 9.79 Å². The maximum atomic E-state index is 12.3. The molecule has 0 aromatic rings. The van der Waals surface area contributed by atoms with Gasteiger partial charge in [0.2, 0.25) is 0 Å². The van der Waals surface area contributed by atoms with Crippen LogP contribution in [-0.2, 0) is 14.3 Å². The summed E-state index contributed by atoms with van der Waals surface area (Å²) in [7, 11) is 0. The summed E-state index contributed by atoms with van der Waals surface area (Å²) in [5, 5.41) is 9.80. The minimum absolute atomic E-state index is 0.235. The predicted molar refractivity (Wildman–Crippen MR) is 85.9 cm³/mol. The Morgan fingerprint density at radius 1 is 1.17 bits per heavy atom. The lowest BCUT2D eigenvalue weighted by atomic mass is 9.71. The monoisotopic (exact) mass is 311 g/mol. The number of hydrogen-bond acceptors (Lipinski definition) is 4. The van der Waals surface area contributed by atoms with E-state index in [0.29, 0.717) is 5.57 Å². The predicted octanol–water partition coefficient (Wildman–Crippen LogP) is 2.73. The SMILES string of the molecule is CC(C)(C)OC(=O)C1=CC2(C(=O)O)C=C3C=CN=C3C=C2C=C1. The number of ether oxygens (including phenoxy) is 1. The number of aliphatic carboxylic acids is 1. The fraction of sp³-hybridized carbons (Fsp3) is 0.278. The van der Waals surface area contributed by atoms with Crippen LogP contribution in [0.25, 0.3) is 0 Å². The Hall–Kier alpha value is -2.69. The van der Waals surface area contributed by atoms with Gasteiger partial charge in [0.15, 0.2) is 0 Å². The van der Waals surface area contributed by atoms with Gasteiger partial charge < -0.3 is 9.84 Å². The van der Waals surface area contributed by atoms with Crippen molar-refractivity contribution >= 4 is 17.7 Å². The van der Waals surface area contributed by atoms with Crippen molar-refractivity contribution in [3.05, 3.63) is 59.4 Å². The average molecular weight is 311 g/mol. The van der Waals surface area contributed by atoms with E-state index >= 15 is 0 Å². The van der Waals surface area contributed by atoms with Gasteiger partial charge in [-0.1, -0.05) is 6.08 Å². The number of carbonyl (C=O) groups is 2. The lowest BCUT2D eigenvalue weighted by molar-refractivity contribution is -0.149. The Balaban J connectivity index is 2.05. The molecule has 1 atom stereocenters. The van der Waals surface area contributed by atoms with Crippen LogP contribution in [0.3, 0.4) is 0 Å². The smallest absolute Gasteiger partial charge is 0.338 e. The van der Waals surface area contributed by atoms with Crippen LogP contribution in [0.4, 0.5) is 0 Å². The van der Waals surface area contributed by atoms with Gasteiger partial charge in [-0.15, -0.1) is 0 Å².